The normalized spacial score (nSPS) is 15.8. The molecule has 1 aliphatic rings. The lowest BCUT2D eigenvalue weighted by atomic mass is 9.90. The van der Waals surface area contributed by atoms with Crippen LogP contribution in [-0.4, -0.2) is 48.5 Å². The molecule has 7 heteroatoms. The summed E-state index contributed by atoms with van der Waals surface area (Å²) in [6.07, 6.45) is 7.35. The molecule has 0 aliphatic carbocycles. The minimum absolute atomic E-state index is 0.0756. The predicted octanol–water partition coefficient (Wildman–Crippen LogP) is 3.61. The number of aromatic nitrogens is 5. The fourth-order valence-corrected chi connectivity index (χ4v) is 4.71. The Kier molecular flexibility index (Phi) is 5.06. The maximum absolute atomic E-state index is 12.9. The van der Waals surface area contributed by atoms with Crippen LogP contribution in [-0.2, 0) is 0 Å². The van der Waals surface area contributed by atoms with Crippen molar-refractivity contribution in [3.8, 4) is 11.4 Å². The second-order valence-electron chi connectivity index (χ2n) is 8.61. The van der Waals surface area contributed by atoms with Crippen molar-refractivity contribution in [3.63, 3.8) is 0 Å². The standard InChI is InChI=1S/C24H28N6O/c1-4-9-28-10-7-18(8-11-28)19-5-6-23-26-20(13-24(31)29(23)15-19)21-12-22-17(3)25-16(2)14-30(22)27-21/h5-6,12-15,18H,4,7-11H2,1-3H3. The van der Waals surface area contributed by atoms with Gasteiger partial charge in [-0.3, -0.25) is 14.2 Å². The van der Waals surface area contributed by atoms with Crippen LogP contribution >= 0.6 is 0 Å². The molecule has 5 rings (SSSR count). The molecule has 0 aromatic carbocycles. The molecule has 31 heavy (non-hydrogen) atoms. The summed E-state index contributed by atoms with van der Waals surface area (Å²) in [6, 6.07) is 7.62. The lowest BCUT2D eigenvalue weighted by Gasteiger charge is -2.31. The van der Waals surface area contributed by atoms with Crippen LogP contribution in [0.4, 0.5) is 0 Å². The smallest absolute Gasteiger partial charge is 0.258 e. The molecule has 0 N–H and O–H groups in total. The number of likely N-dealkylation sites (tertiary alicyclic amines) is 1. The summed E-state index contributed by atoms with van der Waals surface area (Å²) >= 11 is 0. The lowest BCUT2D eigenvalue weighted by Crippen LogP contribution is -2.33. The number of nitrogens with zero attached hydrogens (tertiary/aromatic N) is 6. The van der Waals surface area contributed by atoms with Crippen LogP contribution in [0.25, 0.3) is 22.6 Å². The van der Waals surface area contributed by atoms with Crippen molar-refractivity contribution in [2.45, 2.75) is 46.0 Å². The van der Waals surface area contributed by atoms with Gasteiger partial charge in [-0.1, -0.05) is 13.0 Å². The van der Waals surface area contributed by atoms with Gasteiger partial charge in [-0.05, 0) is 76.4 Å². The van der Waals surface area contributed by atoms with E-state index in [1.54, 1.807) is 10.5 Å². The number of pyridine rings is 1. The Bertz CT molecular complexity index is 1310. The highest BCUT2D eigenvalue weighted by Gasteiger charge is 2.21. The first-order valence-electron chi connectivity index (χ1n) is 11.1. The fraction of sp³-hybridized carbons (Fsp3) is 0.417. The molecule has 0 radical (unpaired) electrons. The van der Waals surface area contributed by atoms with E-state index < -0.39 is 0 Å². The Morgan fingerprint density at radius 2 is 1.84 bits per heavy atom. The van der Waals surface area contributed by atoms with Gasteiger partial charge in [-0.15, -0.1) is 0 Å². The number of fused-ring (bicyclic) bond motifs is 2. The van der Waals surface area contributed by atoms with Gasteiger partial charge < -0.3 is 4.90 Å². The molecule has 0 amide bonds. The number of rotatable bonds is 4. The fourth-order valence-electron chi connectivity index (χ4n) is 4.71. The third-order valence-electron chi connectivity index (χ3n) is 6.30. The van der Waals surface area contributed by atoms with Crippen LogP contribution in [0, 0.1) is 13.8 Å². The zero-order valence-electron chi connectivity index (χ0n) is 18.4. The molecule has 160 valence electrons. The second kappa shape index (κ2) is 7.89. The minimum Gasteiger partial charge on any atom is -0.303 e. The third-order valence-corrected chi connectivity index (χ3v) is 6.30. The largest absolute Gasteiger partial charge is 0.303 e. The summed E-state index contributed by atoms with van der Waals surface area (Å²) < 4.78 is 3.48. The molecule has 4 aromatic rings. The topological polar surface area (TPSA) is 67.8 Å². The molecular formula is C24H28N6O. The van der Waals surface area contributed by atoms with E-state index in [0.717, 1.165) is 42.8 Å². The van der Waals surface area contributed by atoms with Gasteiger partial charge in [0.1, 0.15) is 11.3 Å². The van der Waals surface area contributed by atoms with Gasteiger partial charge in [0.2, 0.25) is 0 Å². The minimum atomic E-state index is -0.0756. The summed E-state index contributed by atoms with van der Waals surface area (Å²) in [5, 5.41) is 4.63. The summed E-state index contributed by atoms with van der Waals surface area (Å²) in [5.41, 5.74) is 5.81. The Morgan fingerprint density at radius 1 is 1.03 bits per heavy atom. The number of aryl methyl sites for hydroxylation is 2. The molecule has 4 aromatic heterocycles. The summed E-state index contributed by atoms with van der Waals surface area (Å²) in [7, 11) is 0. The zero-order valence-corrected chi connectivity index (χ0v) is 18.4. The molecule has 0 unspecified atom stereocenters. The predicted molar refractivity (Wildman–Crippen MR) is 122 cm³/mol. The highest BCUT2D eigenvalue weighted by atomic mass is 16.1. The van der Waals surface area contributed by atoms with E-state index in [-0.39, 0.29) is 5.56 Å². The van der Waals surface area contributed by atoms with Crippen LogP contribution in [0.2, 0.25) is 0 Å². The van der Waals surface area contributed by atoms with Crippen molar-refractivity contribution in [1.29, 1.82) is 0 Å². The van der Waals surface area contributed by atoms with Crippen LogP contribution in [0.3, 0.4) is 0 Å². The van der Waals surface area contributed by atoms with Crippen molar-refractivity contribution < 1.29 is 0 Å². The summed E-state index contributed by atoms with van der Waals surface area (Å²) in [4.78, 5) is 24.7. The Morgan fingerprint density at radius 3 is 2.61 bits per heavy atom. The molecule has 5 heterocycles. The Labute approximate surface area is 181 Å². The van der Waals surface area contributed by atoms with Crippen molar-refractivity contribution in [2.24, 2.45) is 0 Å². The average molecular weight is 417 g/mol. The zero-order chi connectivity index (χ0) is 21.5. The molecule has 0 atom stereocenters. The van der Waals surface area contributed by atoms with E-state index in [1.165, 1.54) is 18.5 Å². The van der Waals surface area contributed by atoms with Crippen molar-refractivity contribution in [2.75, 3.05) is 19.6 Å². The molecule has 0 saturated carbocycles. The van der Waals surface area contributed by atoms with Gasteiger partial charge in [0.15, 0.2) is 0 Å². The molecule has 0 spiro atoms. The SMILES string of the molecule is CCCN1CCC(c2ccc3nc(-c4cc5c(C)nc(C)cn5n4)cc(=O)n3c2)CC1. The molecule has 7 nitrogen and oxygen atoms in total. The van der Waals surface area contributed by atoms with Gasteiger partial charge in [-0.25, -0.2) is 9.50 Å². The van der Waals surface area contributed by atoms with E-state index in [1.807, 2.05) is 42.9 Å². The molecule has 1 fully saturated rings. The first kappa shape index (κ1) is 19.9. The van der Waals surface area contributed by atoms with Crippen LogP contribution < -0.4 is 5.56 Å². The van der Waals surface area contributed by atoms with Gasteiger partial charge in [0, 0.05) is 12.3 Å². The van der Waals surface area contributed by atoms with Crippen molar-refractivity contribution in [1.82, 2.24) is 28.9 Å². The quantitative estimate of drug-likeness (QED) is 0.508. The van der Waals surface area contributed by atoms with Gasteiger partial charge in [0.25, 0.3) is 5.56 Å². The molecule has 0 bridgehead atoms. The lowest BCUT2D eigenvalue weighted by molar-refractivity contribution is 0.212. The van der Waals surface area contributed by atoms with Gasteiger partial charge in [0.05, 0.1) is 28.8 Å². The van der Waals surface area contributed by atoms with E-state index in [0.29, 0.717) is 23.0 Å². The Balaban J connectivity index is 1.48. The molecular weight excluding hydrogens is 388 g/mol. The van der Waals surface area contributed by atoms with E-state index in [2.05, 4.69) is 28.0 Å². The van der Waals surface area contributed by atoms with Crippen LogP contribution in [0.1, 0.15) is 49.1 Å². The third kappa shape index (κ3) is 3.74. The monoisotopic (exact) mass is 416 g/mol. The highest BCUT2D eigenvalue weighted by Crippen LogP contribution is 2.28. The Hall–Kier alpha value is -3.06. The maximum Gasteiger partial charge on any atom is 0.258 e. The van der Waals surface area contributed by atoms with E-state index in [9.17, 15) is 4.79 Å². The van der Waals surface area contributed by atoms with Gasteiger partial charge in [-0.2, -0.15) is 5.10 Å². The maximum atomic E-state index is 12.9. The first-order chi connectivity index (χ1) is 15.0. The first-order valence-corrected chi connectivity index (χ1v) is 11.1. The highest BCUT2D eigenvalue weighted by molar-refractivity contribution is 5.66. The van der Waals surface area contributed by atoms with Gasteiger partial charge >= 0.3 is 0 Å². The molecule has 1 aliphatic heterocycles. The number of hydrogen-bond acceptors (Lipinski definition) is 5. The summed E-state index contributed by atoms with van der Waals surface area (Å²) in [6.45, 7) is 9.57. The van der Waals surface area contributed by atoms with E-state index >= 15 is 0 Å². The van der Waals surface area contributed by atoms with Crippen LogP contribution in [0.15, 0.2) is 41.5 Å². The van der Waals surface area contributed by atoms with Crippen molar-refractivity contribution in [3.05, 3.63) is 64.0 Å². The molecule has 1 saturated heterocycles. The van der Waals surface area contributed by atoms with Crippen LogP contribution in [0.5, 0.6) is 0 Å². The number of hydrogen-bond donors (Lipinski definition) is 0. The van der Waals surface area contributed by atoms with E-state index in [4.69, 9.17) is 4.98 Å². The van der Waals surface area contributed by atoms with Crippen molar-refractivity contribution >= 4 is 11.2 Å². The average Bonchev–Trinajstić information content (AvgIpc) is 3.19. The summed E-state index contributed by atoms with van der Waals surface area (Å²) in [5.74, 6) is 0.501. The second-order valence-corrected chi connectivity index (χ2v) is 8.61. The number of piperidine rings is 1.